The van der Waals surface area contributed by atoms with Gasteiger partial charge in [0.2, 0.25) is 0 Å². The molecule has 1 heterocycles. The lowest BCUT2D eigenvalue weighted by atomic mass is 10.3. The normalized spacial score (nSPS) is 18.7. The average Bonchev–Trinajstić information content (AvgIpc) is 2.99. The Morgan fingerprint density at radius 3 is 1.57 bits per heavy atom. The largest absolute Gasteiger partial charge is 0.441 e. The van der Waals surface area contributed by atoms with Gasteiger partial charge in [0.25, 0.3) is 0 Å². The summed E-state index contributed by atoms with van der Waals surface area (Å²) in [6.07, 6.45) is 2.22. The summed E-state index contributed by atoms with van der Waals surface area (Å²) >= 11 is 0. The molecule has 1 aliphatic rings. The minimum Gasteiger partial charge on any atom is -0.441 e. The summed E-state index contributed by atoms with van der Waals surface area (Å²) in [6.45, 7) is 7.22. The van der Waals surface area contributed by atoms with Crippen LogP contribution in [0.2, 0.25) is 0 Å². The van der Waals surface area contributed by atoms with E-state index in [9.17, 15) is 0 Å². The Kier molecular flexibility index (Phi) is 12.1. The Morgan fingerprint density at radius 2 is 1.10 bits per heavy atom. The van der Waals surface area contributed by atoms with Gasteiger partial charge in [-0.1, -0.05) is 20.8 Å². The molecule has 4 rings (SSSR count). The number of nitrogens with two attached hydrogens (primary N) is 3. The third kappa shape index (κ3) is 8.47. The number of rotatable bonds is 15. The Labute approximate surface area is 250 Å². The second kappa shape index (κ2) is 15.7. The van der Waals surface area contributed by atoms with E-state index in [1.165, 1.54) is 0 Å². The van der Waals surface area contributed by atoms with E-state index in [0.29, 0.717) is 54.1 Å². The first-order chi connectivity index (χ1) is 20.4. The van der Waals surface area contributed by atoms with Gasteiger partial charge in [-0.15, -0.1) is 0 Å². The van der Waals surface area contributed by atoms with E-state index in [0.717, 1.165) is 19.3 Å². The van der Waals surface area contributed by atoms with Gasteiger partial charge in [0.1, 0.15) is 17.2 Å². The number of hydrogen-bond donors (Lipinski definition) is 3. The molecular formula is C27H39N6O6P3. The predicted molar refractivity (Wildman–Crippen MR) is 170 cm³/mol. The number of benzene rings is 3. The van der Waals surface area contributed by atoms with Gasteiger partial charge >= 0.3 is 24.6 Å². The van der Waals surface area contributed by atoms with E-state index in [1.54, 1.807) is 82.0 Å². The SMILES string of the molecule is CCCON1P(Oc2ccc(N)cc2)N(Oc2ccc(N)cc2)P(Oc2ccc(N)cc2)N=P1(OCCC)OCCC. The molecule has 1 aliphatic heterocycles. The minimum atomic E-state index is -3.27. The van der Waals surface area contributed by atoms with Gasteiger partial charge in [0.05, 0.1) is 19.8 Å². The maximum Gasteiger partial charge on any atom is 0.346 e. The Bertz CT molecular complexity index is 1290. The second-order valence-electron chi connectivity index (χ2n) is 9.07. The molecule has 15 heteroatoms. The average molecular weight is 637 g/mol. The van der Waals surface area contributed by atoms with E-state index in [1.807, 2.05) is 20.8 Å². The number of nitrogen functional groups attached to an aromatic ring is 3. The van der Waals surface area contributed by atoms with Crippen LogP contribution < -0.4 is 31.1 Å². The summed E-state index contributed by atoms with van der Waals surface area (Å²) in [7, 11) is -7.16. The van der Waals surface area contributed by atoms with Crippen molar-refractivity contribution in [3.63, 3.8) is 0 Å². The molecule has 6 N–H and O–H groups in total. The first-order valence-corrected chi connectivity index (χ1v) is 17.6. The summed E-state index contributed by atoms with van der Waals surface area (Å²) < 4.78 is 34.4. The fourth-order valence-corrected chi connectivity index (χ4v) is 11.3. The molecule has 12 nitrogen and oxygen atoms in total. The molecule has 0 saturated carbocycles. The van der Waals surface area contributed by atoms with Gasteiger partial charge in [-0.25, -0.2) is 0 Å². The number of nitrogens with zero attached hydrogens (tertiary/aromatic N) is 3. The molecule has 0 saturated heterocycles. The van der Waals surface area contributed by atoms with E-state index in [-0.39, 0.29) is 0 Å². The van der Waals surface area contributed by atoms with Gasteiger partial charge in [-0.2, -0.15) is 4.52 Å². The molecule has 2 unspecified atom stereocenters. The molecule has 42 heavy (non-hydrogen) atoms. The molecule has 0 spiro atoms. The molecule has 0 amide bonds. The molecule has 0 aliphatic carbocycles. The Morgan fingerprint density at radius 1 is 0.643 bits per heavy atom. The van der Waals surface area contributed by atoms with E-state index < -0.39 is 24.6 Å². The first kappa shape index (κ1) is 32.3. The summed E-state index contributed by atoms with van der Waals surface area (Å²) in [6, 6.07) is 21.2. The lowest BCUT2D eigenvalue weighted by molar-refractivity contribution is -0.0532. The number of anilines is 3. The van der Waals surface area contributed by atoms with Crippen LogP contribution in [0.25, 0.3) is 0 Å². The molecule has 228 valence electrons. The molecular weight excluding hydrogens is 597 g/mol. The van der Waals surface area contributed by atoms with Gasteiger partial charge in [0.15, 0.2) is 0 Å². The highest BCUT2D eigenvalue weighted by Crippen LogP contribution is 2.78. The fourth-order valence-electron chi connectivity index (χ4n) is 3.36. The van der Waals surface area contributed by atoms with Crippen molar-refractivity contribution in [3.8, 4) is 17.2 Å². The maximum absolute atomic E-state index is 6.64. The minimum absolute atomic E-state index is 0.374. The summed E-state index contributed by atoms with van der Waals surface area (Å²) in [5, 5.41) is 0. The Hall–Kier alpha value is -2.65. The van der Waals surface area contributed by atoms with Crippen molar-refractivity contribution < 1.29 is 27.8 Å². The highest BCUT2D eigenvalue weighted by atomic mass is 31.3. The van der Waals surface area contributed by atoms with E-state index in [2.05, 4.69) is 0 Å². The van der Waals surface area contributed by atoms with Crippen LogP contribution in [0.1, 0.15) is 40.0 Å². The van der Waals surface area contributed by atoms with Crippen LogP contribution in [0.5, 0.6) is 17.2 Å². The molecule has 0 aromatic heterocycles. The van der Waals surface area contributed by atoms with Crippen LogP contribution in [0, 0.1) is 0 Å². The monoisotopic (exact) mass is 636 g/mol. The molecule has 3 aromatic carbocycles. The summed E-state index contributed by atoms with van der Waals surface area (Å²) in [4.78, 5) is 12.8. The fraction of sp³-hybridized carbons (Fsp3) is 0.333. The Balaban J connectivity index is 1.88. The topological polar surface area (TPSA) is 152 Å². The van der Waals surface area contributed by atoms with Gasteiger partial charge in [-0.3, -0.25) is 4.84 Å². The van der Waals surface area contributed by atoms with E-state index in [4.69, 9.17) is 49.5 Å². The predicted octanol–water partition coefficient (Wildman–Crippen LogP) is 8.10. The van der Waals surface area contributed by atoms with Crippen LogP contribution in [0.15, 0.2) is 77.3 Å². The van der Waals surface area contributed by atoms with Crippen molar-refractivity contribution in [2.75, 3.05) is 37.0 Å². The summed E-state index contributed by atoms with van der Waals surface area (Å²) in [5.41, 5.74) is 19.7. The van der Waals surface area contributed by atoms with E-state index >= 15 is 0 Å². The molecule has 0 radical (unpaired) electrons. The van der Waals surface area contributed by atoms with Crippen molar-refractivity contribution in [1.29, 1.82) is 0 Å². The maximum atomic E-state index is 6.64. The van der Waals surface area contributed by atoms with Crippen LogP contribution in [-0.2, 0) is 13.9 Å². The summed E-state index contributed by atoms with van der Waals surface area (Å²) in [5.74, 6) is 1.59. The van der Waals surface area contributed by atoms with Crippen LogP contribution in [0.3, 0.4) is 0 Å². The molecule has 0 bridgehead atoms. The van der Waals surface area contributed by atoms with Gasteiger partial charge in [-0.05, 0) is 96.7 Å². The molecule has 3 aromatic rings. The van der Waals surface area contributed by atoms with Gasteiger partial charge in [0, 0.05) is 21.7 Å². The zero-order valence-electron chi connectivity index (χ0n) is 24.0. The quantitative estimate of drug-likeness (QED) is 0.110. The van der Waals surface area contributed by atoms with Crippen LogP contribution >= 0.6 is 24.6 Å². The van der Waals surface area contributed by atoms with Crippen molar-refractivity contribution in [2.45, 2.75) is 40.0 Å². The zero-order chi connectivity index (χ0) is 30.0. The standard InChI is InChI=1S/C27H39N6O6P3/c1-4-19-34-33-41(39-27-17-11-24(30)12-18-27)32(37-25-13-7-22(28)8-14-25)40(38-26-15-9-23(29)10-16-26)31-42(33,35-20-5-2)36-21-6-3/h7-18H,4-6,19-21,28-30H2,1-3H3. The lowest BCUT2D eigenvalue weighted by Crippen LogP contribution is -2.34. The molecule has 0 fully saturated rings. The van der Waals surface area contributed by atoms with Gasteiger partial charge < -0.3 is 40.1 Å². The third-order valence-electron chi connectivity index (χ3n) is 5.38. The highest BCUT2D eigenvalue weighted by Gasteiger charge is 2.55. The first-order valence-electron chi connectivity index (χ1n) is 13.7. The van der Waals surface area contributed by atoms with Crippen molar-refractivity contribution >= 4 is 41.6 Å². The second-order valence-corrected chi connectivity index (χ2v) is 14.7. The molecule has 2 atom stereocenters. The number of hydrogen-bond acceptors (Lipinski definition) is 12. The van der Waals surface area contributed by atoms with Crippen molar-refractivity contribution in [2.24, 2.45) is 4.52 Å². The zero-order valence-corrected chi connectivity index (χ0v) is 26.7. The third-order valence-corrected chi connectivity index (χ3v) is 12.4. The van der Waals surface area contributed by atoms with Crippen LogP contribution in [0.4, 0.5) is 17.1 Å². The smallest absolute Gasteiger partial charge is 0.346 e. The van der Waals surface area contributed by atoms with Crippen LogP contribution in [-0.4, -0.2) is 29.0 Å². The van der Waals surface area contributed by atoms with Crippen molar-refractivity contribution in [1.82, 2.24) is 9.21 Å². The lowest BCUT2D eigenvalue weighted by Gasteiger charge is -2.44. The van der Waals surface area contributed by atoms with Crippen molar-refractivity contribution in [3.05, 3.63) is 72.8 Å². The highest BCUT2D eigenvalue weighted by molar-refractivity contribution is 7.78.